The van der Waals surface area contributed by atoms with Crippen molar-refractivity contribution in [2.75, 3.05) is 7.11 Å². The molecule has 0 aliphatic carbocycles. The molecule has 3 aromatic rings. The summed E-state index contributed by atoms with van der Waals surface area (Å²) in [5.41, 5.74) is 14.3. The first-order valence-corrected chi connectivity index (χ1v) is 7.78. The summed E-state index contributed by atoms with van der Waals surface area (Å²) in [6.45, 7) is 0. The number of nitrogens with zero attached hydrogens (tertiary/aromatic N) is 3. The molecule has 0 atom stereocenters. The summed E-state index contributed by atoms with van der Waals surface area (Å²) in [7, 11) is 1.53. The van der Waals surface area contributed by atoms with E-state index in [0.717, 1.165) is 5.56 Å². The van der Waals surface area contributed by atoms with E-state index in [1.54, 1.807) is 48.5 Å². The SMILES string of the molecule is COc1ccc(/C(N)=N/O)cc1-c1cc(-c2ccc(/C(N)=N/O)cc2)no1. The van der Waals surface area contributed by atoms with Crippen LogP contribution in [0.4, 0.5) is 0 Å². The van der Waals surface area contributed by atoms with Gasteiger partial charge in [-0.25, -0.2) is 0 Å². The zero-order chi connectivity index (χ0) is 19.4. The highest BCUT2D eigenvalue weighted by molar-refractivity contribution is 5.98. The van der Waals surface area contributed by atoms with E-state index in [2.05, 4.69) is 15.5 Å². The van der Waals surface area contributed by atoms with Crippen LogP contribution in [-0.2, 0) is 0 Å². The number of ether oxygens (including phenoxy) is 1. The lowest BCUT2D eigenvalue weighted by atomic mass is 10.0. The first kappa shape index (κ1) is 17.8. The Labute approximate surface area is 154 Å². The maximum absolute atomic E-state index is 8.87. The van der Waals surface area contributed by atoms with E-state index in [9.17, 15) is 0 Å². The average Bonchev–Trinajstić information content (AvgIpc) is 3.22. The minimum Gasteiger partial charge on any atom is -0.496 e. The third-order valence-corrected chi connectivity index (χ3v) is 3.96. The number of benzene rings is 2. The lowest BCUT2D eigenvalue weighted by Gasteiger charge is -2.07. The van der Waals surface area contributed by atoms with Crippen molar-refractivity contribution < 1.29 is 19.7 Å². The molecule has 0 aliphatic rings. The van der Waals surface area contributed by atoms with Gasteiger partial charge in [0.1, 0.15) is 11.4 Å². The molecule has 0 unspecified atom stereocenters. The Morgan fingerprint density at radius 3 is 2.22 bits per heavy atom. The fourth-order valence-corrected chi connectivity index (χ4v) is 2.53. The van der Waals surface area contributed by atoms with Crippen LogP contribution in [0.2, 0.25) is 0 Å². The molecule has 1 aromatic heterocycles. The van der Waals surface area contributed by atoms with E-state index in [4.69, 9.17) is 31.1 Å². The number of amidine groups is 2. The molecule has 0 bridgehead atoms. The normalized spacial score (nSPS) is 12.2. The summed E-state index contributed by atoms with van der Waals surface area (Å²) in [5.74, 6) is 0.994. The van der Waals surface area contributed by atoms with E-state index in [1.165, 1.54) is 7.11 Å². The molecule has 0 saturated heterocycles. The summed E-state index contributed by atoms with van der Waals surface area (Å²) in [4.78, 5) is 0. The van der Waals surface area contributed by atoms with Crippen LogP contribution in [0.1, 0.15) is 11.1 Å². The maximum atomic E-state index is 8.87. The fraction of sp³-hybridized carbons (Fsp3) is 0.0556. The third kappa shape index (κ3) is 3.52. The molecule has 27 heavy (non-hydrogen) atoms. The second-order valence-corrected chi connectivity index (χ2v) is 5.54. The summed E-state index contributed by atoms with van der Waals surface area (Å²) in [5, 5.41) is 27.6. The molecular weight excluding hydrogens is 350 g/mol. The number of rotatable bonds is 5. The van der Waals surface area contributed by atoms with Gasteiger partial charge in [0.2, 0.25) is 0 Å². The van der Waals surface area contributed by atoms with Gasteiger partial charge >= 0.3 is 0 Å². The molecular formula is C18H17N5O4. The van der Waals surface area contributed by atoms with Crippen molar-refractivity contribution in [2.45, 2.75) is 0 Å². The van der Waals surface area contributed by atoms with E-state index in [0.29, 0.717) is 33.9 Å². The Hall–Kier alpha value is -4.01. The molecule has 0 spiro atoms. The lowest BCUT2D eigenvalue weighted by molar-refractivity contribution is 0.318. The van der Waals surface area contributed by atoms with Gasteiger partial charge in [-0.1, -0.05) is 39.7 Å². The summed E-state index contributed by atoms with van der Waals surface area (Å²) < 4.78 is 10.8. The minimum absolute atomic E-state index is 0.0204. The zero-order valence-electron chi connectivity index (χ0n) is 14.3. The molecule has 0 aliphatic heterocycles. The zero-order valence-corrected chi connectivity index (χ0v) is 14.3. The van der Waals surface area contributed by atoms with Gasteiger partial charge in [0.15, 0.2) is 17.4 Å². The predicted octanol–water partition coefficient (Wildman–Crippen LogP) is 2.21. The maximum Gasteiger partial charge on any atom is 0.171 e. The van der Waals surface area contributed by atoms with Crippen molar-refractivity contribution in [1.29, 1.82) is 0 Å². The van der Waals surface area contributed by atoms with Crippen molar-refractivity contribution in [3.63, 3.8) is 0 Å². The van der Waals surface area contributed by atoms with Crippen LogP contribution in [0.15, 0.2) is 63.4 Å². The Morgan fingerprint density at radius 1 is 0.963 bits per heavy atom. The molecule has 2 aromatic carbocycles. The summed E-state index contributed by atoms with van der Waals surface area (Å²) >= 11 is 0. The fourth-order valence-electron chi connectivity index (χ4n) is 2.53. The van der Waals surface area contributed by atoms with Gasteiger partial charge in [-0.2, -0.15) is 0 Å². The van der Waals surface area contributed by atoms with Crippen LogP contribution in [-0.4, -0.2) is 34.4 Å². The quantitative estimate of drug-likeness (QED) is 0.233. The number of hydrogen-bond donors (Lipinski definition) is 4. The Kier molecular flexibility index (Phi) is 4.93. The van der Waals surface area contributed by atoms with Gasteiger partial charge in [0, 0.05) is 22.8 Å². The standard InChI is InChI=1S/C18H17N5O4/c1-26-15-7-6-12(18(20)22-25)8-13(15)16-9-14(23-27-16)10-2-4-11(5-3-10)17(19)21-24/h2-9,24-25H,1H3,(H2,19,21)(H2,20,22). The van der Waals surface area contributed by atoms with Gasteiger partial charge < -0.3 is 31.1 Å². The van der Waals surface area contributed by atoms with Gasteiger partial charge in [-0.15, -0.1) is 0 Å². The predicted molar refractivity (Wildman–Crippen MR) is 98.9 cm³/mol. The minimum atomic E-state index is -0.0302. The second-order valence-electron chi connectivity index (χ2n) is 5.54. The second kappa shape index (κ2) is 7.48. The van der Waals surface area contributed by atoms with Gasteiger partial charge in [-0.3, -0.25) is 0 Å². The van der Waals surface area contributed by atoms with Crippen LogP contribution in [0.25, 0.3) is 22.6 Å². The number of nitrogens with two attached hydrogens (primary N) is 2. The largest absolute Gasteiger partial charge is 0.496 e. The van der Waals surface area contributed by atoms with Crippen molar-refractivity contribution in [1.82, 2.24) is 5.16 Å². The third-order valence-electron chi connectivity index (χ3n) is 3.96. The molecule has 9 nitrogen and oxygen atoms in total. The summed E-state index contributed by atoms with van der Waals surface area (Å²) in [6.07, 6.45) is 0. The van der Waals surface area contributed by atoms with Crippen LogP contribution < -0.4 is 16.2 Å². The Balaban J connectivity index is 1.98. The van der Waals surface area contributed by atoms with Crippen LogP contribution in [0, 0.1) is 0 Å². The molecule has 0 radical (unpaired) electrons. The van der Waals surface area contributed by atoms with Crippen molar-refractivity contribution >= 4 is 11.7 Å². The number of aromatic nitrogens is 1. The molecule has 0 amide bonds. The Bertz CT molecular complexity index is 1010. The molecule has 9 heteroatoms. The summed E-state index contributed by atoms with van der Waals surface area (Å²) in [6, 6.07) is 13.7. The van der Waals surface area contributed by atoms with Gasteiger partial charge in [0.05, 0.1) is 12.7 Å². The highest BCUT2D eigenvalue weighted by Crippen LogP contribution is 2.33. The van der Waals surface area contributed by atoms with Crippen LogP contribution in [0.3, 0.4) is 0 Å². The smallest absolute Gasteiger partial charge is 0.171 e. The molecule has 0 saturated carbocycles. The molecule has 6 N–H and O–H groups in total. The highest BCUT2D eigenvalue weighted by atomic mass is 16.5. The molecule has 1 heterocycles. The van der Waals surface area contributed by atoms with Crippen molar-refractivity contribution in [3.05, 3.63) is 59.7 Å². The van der Waals surface area contributed by atoms with E-state index in [1.807, 2.05) is 0 Å². The molecule has 138 valence electrons. The van der Waals surface area contributed by atoms with Gasteiger partial charge in [-0.05, 0) is 18.2 Å². The molecule has 3 rings (SSSR count). The van der Waals surface area contributed by atoms with E-state index in [-0.39, 0.29) is 11.7 Å². The van der Waals surface area contributed by atoms with Crippen LogP contribution in [0.5, 0.6) is 5.75 Å². The van der Waals surface area contributed by atoms with Crippen molar-refractivity contribution in [2.24, 2.45) is 21.8 Å². The average molecular weight is 367 g/mol. The van der Waals surface area contributed by atoms with E-state index < -0.39 is 0 Å². The number of oxime groups is 2. The van der Waals surface area contributed by atoms with Crippen LogP contribution >= 0.6 is 0 Å². The van der Waals surface area contributed by atoms with Gasteiger partial charge in [0.25, 0.3) is 0 Å². The monoisotopic (exact) mass is 367 g/mol. The highest BCUT2D eigenvalue weighted by Gasteiger charge is 2.15. The van der Waals surface area contributed by atoms with E-state index >= 15 is 0 Å². The molecule has 0 fully saturated rings. The first-order valence-electron chi connectivity index (χ1n) is 7.78. The lowest BCUT2D eigenvalue weighted by Crippen LogP contribution is -2.13. The first-order chi connectivity index (χ1) is 13.1. The number of methoxy groups -OCH3 is 1. The number of hydrogen-bond acceptors (Lipinski definition) is 7. The Morgan fingerprint density at radius 2 is 1.59 bits per heavy atom. The topological polar surface area (TPSA) is 152 Å². The van der Waals surface area contributed by atoms with Crippen molar-refractivity contribution in [3.8, 4) is 28.3 Å².